The van der Waals surface area contributed by atoms with Crippen LogP contribution in [0, 0.1) is 10.1 Å². The first-order valence-electron chi connectivity index (χ1n) is 3.65. The molecule has 13 heavy (non-hydrogen) atoms. The van der Waals surface area contributed by atoms with Crippen LogP contribution in [-0.4, -0.2) is 14.9 Å². The molecule has 70 valence electrons. The first-order valence-corrected chi connectivity index (χ1v) is 4.44. The van der Waals surface area contributed by atoms with Gasteiger partial charge in [-0.3, -0.25) is 0 Å². The first-order chi connectivity index (χ1) is 6.15. The molecule has 0 fully saturated rings. The lowest BCUT2D eigenvalue weighted by molar-refractivity contribution is -0.390. The van der Waals surface area contributed by atoms with Gasteiger partial charge in [0.1, 0.15) is 5.69 Å². The number of halogens is 1. The van der Waals surface area contributed by atoms with Gasteiger partial charge in [-0.05, 0) is 11.3 Å². The number of hydrogen-bond donors (Lipinski definition) is 1. The number of nitrogens with zero attached hydrogens (tertiary/aromatic N) is 2. The zero-order chi connectivity index (χ0) is 9.84. The molecule has 1 aromatic rings. The maximum absolute atomic E-state index is 10.5. The second-order valence-electron chi connectivity index (χ2n) is 2.41. The average Bonchev–Trinajstić information content (AvgIpc) is 2.43. The molecule has 0 bridgehead atoms. The molecule has 1 N–H and O–H groups in total. The molecule has 0 saturated heterocycles. The summed E-state index contributed by atoms with van der Waals surface area (Å²) in [5.74, 6) is -0.0475. The molecule has 0 spiro atoms. The third kappa shape index (κ3) is 2.38. The van der Waals surface area contributed by atoms with Gasteiger partial charge in [-0.1, -0.05) is 6.08 Å². The number of rotatable bonds is 4. The number of aromatic nitrogens is 2. The fraction of sp³-hybridized carbons (Fsp3) is 0.286. The Morgan fingerprint density at radius 2 is 2.46 bits per heavy atom. The summed E-state index contributed by atoms with van der Waals surface area (Å²) in [7, 11) is 0. The Morgan fingerprint density at radius 1 is 1.77 bits per heavy atom. The van der Waals surface area contributed by atoms with E-state index < -0.39 is 4.92 Å². The van der Waals surface area contributed by atoms with Crippen molar-refractivity contribution in [3.63, 3.8) is 0 Å². The van der Waals surface area contributed by atoms with Gasteiger partial charge in [-0.15, -0.1) is 6.58 Å². The molecule has 1 heterocycles. The van der Waals surface area contributed by atoms with Gasteiger partial charge in [0.05, 0.1) is 0 Å². The van der Waals surface area contributed by atoms with Gasteiger partial charge in [0.2, 0.25) is 0 Å². The molecule has 0 amide bonds. The van der Waals surface area contributed by atoms with E-state index in [9.17, 15) is 10.1 Å². The summed E-state index contributed by atoms with van der Waals surface area (Å²) >= 11 is 3.05. The van der Waals surface area contributed by atoms with Gasteiger partial charge in [0.25, 0.3) is 4.73 Å². The van der Waals surface area contributed by atoms with Crippen molar-refractivity contribution in [1.82, 2.24) is 9.97 Å². The molecular formula is C7H8BrN3O2. The van der Waals surface area contributed by atoms with Crippen LogP contribution in [0.2, 0.25) is 0 Å². The summed E-state index contributed by atoms with van der Waals surface area (Å²) in [5.41, 5.74) is 0.455. The van der Waals surface area contributed by atoms with Crippen LogP contribution in [0.4, 0.5) is 5.82 Å². The molecule has 0 aromatic carbocycles. The number of nitro groups is 1. The monoisotopic (exact) mass is 245 g/mol. The highest BCUT2D eigenvalue weighted by Crippen LogP contribution is 2.19. The number of aromatic amines is 1. The van der Waals surface area contributed by atoms with Crippen LogP contribution in [0.5, 0.6) is 0 Å². The van der Waals surface area contributed by atoms with Gasteiger partial charge in [-0.25, -0.2) is 4.98 Å². The normalized spacial score (nSPS) is 9.92. The van der Waals surface area contributed by atoms with Crippen molar-refractivity contribution in [2.24, 2.45) is 0 Å². The van der Waals surface area contributed by atoms with E-state index in [1.807, 2.05) is 0 Å². The van der Waals surface area contributed by atoms with Gasteiger partial charge in [0.15, 0.2) is 0 Å². The largest absolute Gasteiger partial charge is 0.358 e. The average molecular weight is 246 g/mol. The molecular weight excluding hydrogens is 238 g/mol. The Balaban J connectivity index is 2.90. The van der Waals surface area contributed by atoms with Crippen molar-refractivity contribution in [3.8, 4) is 0 Å². The van der Waals surface area contributed by atoms with Crippen LogP contribution >= 0.6 is 15.9 Å². The molecule has 0 atom stereocenters. The minimum Gasteiger partial charge on any atom is -0.358 e. The molecule has 0 aliphatic heterocycles. The molecule has 0 aliphatic rings. The molecule has 0 radical (unpaired) electrons. The van der Waals surface area contributed by atoms with Crippen LogP contribution in [0.15, 0.2) is 17.4 Å². The lowest BCUT2D eigenvalue weighted by atomic mass is 10.2. The molecule has 1 aromatic heterocycles. The predicted molar refractivity (Wildman–Crippen MR) is 51.5 cm³/mol. The Morgan fingerprint density at radius 3 is 3.00 bits per heavy atom. The van der Waals surface area contributed by atoms with Crippen molar-refractivity contribution in [3.05, 3.63) is 33.2 Å². The number of H-pyrrole nitrogens is 1. The minimum absolute atomic E-state index is 0.0475. The lowest BCUT2D eigenvalue weighted by Crippen LogP contribution is -1.93. The summed E-state index contributed by atoms with van der Waals surface area (Å²) in [6, 6.07) is 0. The lowest BCUT2D eigenvalue weighted by Gasteiger charge is -1.93. The third-order valence-electron chi connectivity index (χ3n) is 1.50. The quantitative estimate of drug-likeness (QED) is 0.502. The number of nitrogens with one attached hydrogen (secondary N) is 1. The van der Waals surface area contributed by atoms with Crippen molar-refractivity contribution >= 4 is 21.7 Å². The SMILES string of the molecule is C=CCCc1nc(Br)[nH]c1[N+](=O)[O-]. The van der Waals surface area contributed by atoms with Crippen molar-refractivity contribution < 1.29 is 4.92 Å². The number of hydrogen-bond acceptors (Lipinski definition) is 3. The van der Waals surface area contributed by atoms with E-state index in [2.05, 4.69) is 32.5 Å². The van der Waals surface area contributed by atoms with Crippen molar-refractivity contribution in [2.75, 3.05) is 0 Å². The maximum atomic E-state index is 10.5. The van der Waals surface area contributed by atoms with Gasteiger partial charge < -0.3 is 10.1 Å². The van der Waals surface area contributed by atoms with Crippen LogP contribution in [0.3, 0.4) is 0 Å². The van der Waals surface area contributed by atoms with E-state index >= 15 is 0 Å². The highest BCUT2D eigenvalue weighted by Gasteiger charge is 2.17. The Kier molecular flexibility index (Phi) is 3.18. The smallest absolute Gasteiger partial charge is 0.344 e. The van der Waals surface area contributed by atoms with Crippen LogP contribution < -0.4 is 0 Å². The van der Waals surface area contributed by atoms with E-state index in [1.165, 1.54) is 0 Å². The highest BCUT2D eigenvalue weighted by atomic mass is 79.9. The molecule has 6 heteroatoms. The Bertz CT molecular complexity index is 334. The minimum atomic E-state index is -0.476. The van der Waals surface area contributed by atoms with E-state index in [0.717, 1.165) is 0 Å². The maximum Gasteiger partial charge on any atom is 0.344 e. The van der Waals surface area contributed by atoms with Gasteiger partial charge >= 0.3 is 5.82 Å². The second-order valence-corrected chi connectivity index (χ2v) is 3.16. The summed E-state index contributed by atoms with van der Waals surface area (Å²) in [6.45, 7) is 3.54. The number of imidazole rings is 1. The molecule has 0 unspecified atom stereocenters. The zero-order valence-electron chi connectivity index (χ0n) is 6.79. The predicted octanol–water partition coefficient (Wildman–Crippen LogP) is 2.20. The third-order valence-corrected chi connectivity index (χ3v) is 1.87. The van der Waals surface area contributed by atoms with Crippen molar-refractivity contribution in [1.29, 1.82) is 0 Å². The summed E-state index contributed by atoms with van der Waals surface area (Å²) in [6.07, 6.45) is 2.91. The van der Waals surface area contributed by atoms with E-state index in [-0.39, 0.29) is 5.82 Å². The summed E-state index contributed by atoms with van der Waals surface area (Å²) in [4.78, 5) is 16.5. The van der Waals surface area contributed by atoms with Crippen LogP contribution in [0.1, 0.15) is 12.1 Å². The van der Waals surface area contributed by atoms with Gasteiger partial charge in [-0.2, -0.15) is 4.98 Å². The molecule has 0 aliphatic carbocycles. The van der Waals surface area contributed by atoms with E-state index in [1.54, 1.807) is 6.08 Å². The second kappa shape index (κ2) is 4.18. The highest BCUT2D eigenvalue weighted by molar-refractivity contribution is 9.10. The summed E-state index contributed by atoms with van der Waals surface area (Å²) in [5, 5.41) is 10.5. The Labute approximate surface area is 83.2 Å². The van der Waals surface area contributed by atoms with Crippen LogP contribution in [0.25, 0.3) is 0 Å². The first kappa shape index (κ1) is 9.91. The van der Waals surface area contributed by atoms with E-state index in [0.29, 0.717) is 23.3 Å². The fourth-order valence-electron chi connectivity index (χ4n) is 0.933. The van der Waals surface area contributed by atoms with E-state index in [4.69, 9.17) is 0 Å². The Hall–Kier alpha value is -1.17. The standard InChI is InChI=1S/C7H8BrN3O2/c1-2-3-4-5-6(11(12)13)10-7(8)9-5/h2H,1,3-4H2,(H,9,10). The van der Waals surface area contributed by atoms with Crippen molar-refractivity contribution in [2.45, 2.75) is 12.8 Å². The molecule has 5 nitrogen and oxygen atoms in total. The van der Waals surface area contributed by atoms with Gasteiger partial charge in [0, 0.05) is 22.4 Å². The number of allylic oxidation sites excluding steroid dienone is 1. The molecule has 0 saturated carbocycles. The fourth-order valence-corrected chi connectivity index (χ4v) is 1.34. The topological polar surface area (TPSA) is 71.8 Å². The molecule has 1 rings (SSSR count). The zero-order valence-corrected chi connectivity index (χ0v) is 8.37. The number of aryl methyl sites for hydroxylation is 1. The van der Waals surface area contributed by atoms with Crippen LogP contribution in [-0.2, 0) is 6.42 Å². The summed E-state index contributed by atoms with van der Waals surface area (Å²) < 4.78 is 0.387.